The minimum absolute atomic E-state index is 0.725. The highest BCUT2D eigenvalue weighted by Crippen LogP contribution is 2.24. The molecule has 0 spiro atoms. The number of hydrogen-bond donors (Lipinski definition) is 0. The van der Waals surface area contributed by atoms with Crippen LogP contribution in [0.1, 0.15) is 5.69 Å². The minimum Gasteiger partial charge on any atom is -0.444 e. The molecule has 0 atom stereocenters. The molecule has 0 radical (unpaired) electrons. The summed E-state index contributed by atoms with van der Waals surface area (Å²) in [6, 6.07) is 4.03. The van der Waals surface area contributed by atoms with Crippen molar-refractivity contribution in [1.82, 2.24) is 9.88 Å². The quantitative estimate of drug-likeness (QED) is 0.837. The highest BCUT2D eigenvalue weighted by Gasteiger charge is 2.14. The zero-order valence-electron chi connectivity index (χ0n) is 9.46. The number of ether oxygens (including phenoxy) is 1. The Labute approximate surface area is 104 Å². The van der Waals surface area contributed by atoms with Crippen LogP contribution >= 0.6 is 11.3 Å². The van der Waals surface area contributed by atoms with E-state index >= 15 is 0 Å². The highest BCUT2D eigenvalue weighted by molar-refractivity contribution is 7.13. The molecular weight excluding hydrogens is 236 g/mol. The van der Waals surface area contributed by atoms with Crippen LogP contribution in [-0.2, 0) is 11.3 Å². The van der Waals surface area contributed by atoms with Crippen LogP contribution in [0.2, 0.25) is 0 Å². The van der Waals surface area contributed by atoms with Gasteiger partial charge in [-0.1, -0.05) is 6.07 Å². The fourth-order valence-corrected chi connectivity index (χ4v) is 2.54. The maximum atomic E-state index is 5.49. The molecule has 0 unspecified atom stereocenters. The Balaban J connectivity index is 1.68. The first kappa shape index (κ1) is 11.0. The van der Waals surface area contributed by atoms with E-state index in [1.165, 1.54) is 0 Å². The van der Waals surface area contributed by atoms with Gasteiger partial charge in [0.2, 0.25) is 5.89 Å². The van der Waals surface area contributed by atoms with E-state index in [9.17, 15) is 0 Å². The number of thiophene rings is 1. The van der Waals surface area contributed by atoms with E-state index in [1.54, 1.807) is 17.6 Å². The van der Waals surface area contributed by atoms with Gasteiger partial charge in [0.05, 0.1) is 23.8 Å². The van der Waals surface area contributed by atoms with Gasteiger partial charge in [0, 0.05) is 19.6 Å². The fourth-order valence-electron chi connectivity index (χ4n) is 1.88. The number of rotatable bonds is 3. The van der Waals surface area contributed by atoms with Crippen LogP contribution in [0, 0.1) is 0 Å². The van der Waals surface area contributed by atoms with Crippen molar-refractivity contribution in [2.24, 2.45) is 0 Å². The molecule has 4 nitrogen and oxygen atoms in total. The van der Waals surface area contributed by atoms with Gasteiger partial charge in [-0.3, -0.25) is 4.90 Å². The molecule has 0 aliphatic carbocycles. The molecule has 2 aromatic heterocycles. The monoisotopic (exact) mass is 250 g/mol. The minimum atomic E-state index is 0.725. The second-order valence-corrected chi connectivity index (χ2v) is 4.96. The third kappa shape index (κ3) is 2.57. The van der Waals surface area contributed by atoms with E-state index in [2.05, 4.69) is 9.88 Å². The van der Waals surface area contributed by atoms with Gasteiger partial charge < -0.3 is 9.15 Å². The molecule has 3 heterocycles. The molecule has 17 heavy (non-hydrogen) atoms. The summed E-state index contributed by atoms with van der Waals surface area (Å²) >= 11 is 1.65. The van der Waals surface area contributed by atoms with Crippen molar-refractivity contribution in [3.63, 3.8) is 0 Å². The number of hydrogen-bond acceptors (Lipinski definition) is 5. The first-order valence-electron chi connectivity index (χ1n) is 5.70. The molecule has 0 saturated carbocycles. The van der Waals surface area contributed by atoms with Gasteiger partial charge in [0.1, 0.15) is 6.26 Å². The smallest absolute Gasteiger partial charge is 0.236 e. The molecule has 1 aliphatic heterocycles. The van der Waals surface area contributed by atoms with Crippen LogP contribution in [0.5, 0.6) is 0 Å². The van der Waals surface area contributed by atoms with Crippen molar-refractivity contribution in [2.75, 3.05) is 26.3 Å². The summed E-state index contributed by atoms with van der Waals surface area (Å²) in [5, 5.41) is 2.03. The first-order chi connectivity index (χ1) is 8.42. The Hall–Kier alpha value is -1.17. The average molecular weight is 250 g/mol. The molecule has 3 rings (SSSR count). The molecule has 1 aliphatic rings. The van der Waals surface area contributed by atoms with E-state index in [4.69, 9.17) is 9.15 Å². The van der Waals surface area contributed by atoms with Gasteiger partial charge >= 0.3 is 0 Å². The molecule has 2 aromatic rings. The van der Waals surface area contributed by atoms with Crippen LogP contribution in [0.15, 0.2) is 28.2 Å². The number of aromatic nitrogens is 1. The lowest BCUT2D eigenvalue weighted by atomic mass is 10.3. The van der Waals surface area contributed by atoms with Gasteiger partial charge in [0.25, 0.3) is 0 Å². The normalized spacial score (nSPS) is 17.4. The highest BCUT2D eigenvalue weighted by atomic mass is 32.1. The van der Waals surface area contributed by atoms with Crippen LogP contribution in [0.3, 0.4) is 0 Å². The molecule has 0 bridgehead atoms. The van der Waals surface area contributed by atoms with Gasteiger partial charge in [0.15, 0.2) is 0 Å². The van der Waals surface area contributed by atoms with E-state index in [-0.39, 0.29) is 0 Å². The average Bonchev–Trinajstić information content (AvgIpc) is 3.00. The predicted molar refractivity (Wildman–Crippen MR) is 65.9 cm³/mol. The van der Waals surface area contributed by atoms with Crippen LogP contribution in [0.25, 0.3) is 10.8 Å². The molecule has 5 heteroatoms. The Morgan fingerprint density at radius 3 is 3.00 bits per heavy atom. The zero-order valence-corrected chi connectivity index (χ0v) is 10.3. The molecule has 1 saturated heterocycles. The SMILES string of the molecule is c1csc(-c2nc(CN3CCOCC3)co2)c1. The third-order valence-electron chi connectivity index (χ3n) is 2.77. The van der Waals surface area contributed by atoms with E-state index in [0.717, 1.165) is 49.3 Å². The second kappa shape index (κ2) is 5.00. The topological polar surface area (TPSA) is 38.5 Å². The summed E-state index contributed by atoms with van der Waals surface area (Å²) in [4.78, 5) is 7.92. The molecular formula is C12H14N2O2S. The predicted octanol–water partition coefficient (Wildman–Crippen LogP) is 2.24. The third-order valence-corrected chi connectivity index (χ3v) is 3.63. The van der Waals surface area contributed by atoms with E-state index in [1.807, 2.05) is 17.5 Å². The van der Waals surface area contributed by atoms with Crippen molar-refractivity contribution < 1.29 is 9.15 Å². The maximum absolute atomic E-state index is 5.49. The van der Waals surface area contributed by atoms with Gasteiger partial charge in [-0.25, -0.2) is 4.98 Å². The van der Waals surface area contributed by atoms with Crippen LogP contribution in [-0.4, -0.2) is 36.2 Å². The van der Waals surface area contributed by atoms with Crippen molar-refractivity contribution in [2.45, 2.75) is 6.54 Å². The summed E-state index contributed by atoms with van der Waals surface area (Å²) in [6.45, 7) is 4.42. The number of morpholine rings is 1. The Bertz CT molecular complexity index is 461. The fraction of sp³-hybridized carbons (Fsp3) is 0.417. The van der Waals surface area contributed by atoms with Gasteiger partial charge in [-0.2, -0.15) is 0 Å². The standard InChI is InChI=1S/C12H14N2O2S/c1-2-11(17-7-1)12-13-10(9-16-12)8-14-3-5-15-6-4-14/h1-2,7,9H,3-6,8H2. The summed E-state index contributed by atoms with van der Waals surface area (Å²) < 4.78 is 10.8. The Morgan fingerprint density at radius 2 is 2.24 bits per heavy atom. The van der Waals surface area contributed by atoms with Crippen molar-refractivity contribution >= 4 is 11.3 Å². The van der Waals surface area contributed by atoms with E-state index < -0.39 is 0 Å². The number of oxazole rings is 1. The molecule has 0 amide bonds. The summed E-state index contributed by atoms with van der Waals surface area (Å²) in [5.74, 6) is 0.725. The largest absolute Gasteiger partial charge is 0.444 e. The lowest BCUT2D eigenvalue weighted by Gasteiger charge is -2.25. The maximum Gasteiger partial charge on any atom is 0.236 e. The molecule has 1 fully saturated rings. The molecule has 90 valence electrons. The van der Waals surface area contributed by atoms with E-state index in [0.29, 0.717) is 0 Å². The summed E-state index contributed by atoms with van der Waals surface area (Å²) in [7, 11) is 0. The molecule has 0 N–H and O–H groups in total. The molecule has 0 aromatic carbocycles. The van der Waals surface area contributed by atoms with Crippen molar-refractivity contribution in [3.8, 4) is 10.8 Å². The Morgan fingerprint density at radius 1 is 1.35 bits per heavy atom. The second-order valence-electron chi connectivity index (χ2n) is 4.01. The lowest BCUT2D eigenvalue weighted by Crippen LogP contribution is -2.35. The van der Waals surface area contributed by atoms with Crippen molar-refractivity contribution in [3.05, 3.63) is 29.5 Å². The van der Waals surface area contributed by atoms with Crippen LogP contribution < -0.4 is 0 Å². The lowest BCUT2D eigenvalue weighted by molar-refractivity contribution is 0.0336. The summed E-state index contributed by atoms with van der Waals surface area (Å²) in [5.41, 5.74) is 0.996. The Kier molecular flexibility index (Phi) is 3.22. The summed E-state index contributed by atoms with van der Waals surface area (Å²) in [6.07, 6.45) is 1.75. The van der Waals surface area contributed by atoms with Crippen molar-refractivity contribution in [1.29, 1.82) is 0 Å². The van der Waals surface area contributed by atoms with Crippen LogP contribution in [0.4, 0.5) is 0 Å². The first-order valence-corrected chi connectivity index (χ1v) is 6.58. The number of nitrogens with zero attached hydrogens (tertiary/aromatic N) is 2. The van der Waals surface area contributed by atoms with Gasteiger partial charge in [-0.15, -0.1) is 11.3 Å². The zero-order chi connectivity index (χ0) is 11.5. The van der Waals surface area contributed by atoms with Gasteiger partial charge in [-0.05, 0) is 11.4 Å².